The number of rotatable bonds is 6. The summed E-state index contributed by atoms with van der Waals surface area (Å²) in [4.78, 5) is 27.9. The highest BCUT2D eigenvalue weighted by Crippen LogP contribution is 2.48. The maximum Gasteiger partial charge on any atom is 0.265 e. The summed E-state index contributed by atoms with van der Waals surface area (Å²) < 4.78 is 29.0. The number of halogens is 2. The van der Waals surface area contributed by atoms with E-state index < -0.39 is 0 Å². The number of benzene rings is 2. The lowest BCUT2D eigenvalue weighted by Gasteiger charge is -2.39. The fourth-order valence-corrected chi connectivity index (χ4v) is 5.21. The predicted octanol–water partition coefficient (Wildman–Crippen LogP) is 3.60. The number of aromatic nitrogens is 2. The summed E-state index contributed by atoms with van der Waals surface area (Å²) >= 11 is 0. The van der Waals surface area contributed by atoms with Crippen LogP contribution < -0.4 is 16.0 Å². The molecule has 0 spiro atoms. The maximum atomic E-state index is 14.1. The summed E-state index contributed by atoms with van der Waals surface area (Å²) in [6.07, 6.45) is 2.58. The van der Waals surface area contributed by atoms with Crippen molar-refractivity contribution >= 4 is 11.4 Å². The summed E-state index contributed by atoms with van der Waals surface area (Å²) in [6.45, 7) is 3.08. The van der Waals surface area contributed by atoms with Crippen LogP contribution in [0.5, 0.6) is 0 Å². The van der Waals surface area contributed by atoms with Gasteiger partial charge in [-0.25, -0.2) is 8.78 Å². The molecule has 8 heteroatoms. The third kappa shape index (κ3) is 4.35. The fourth-order valence-electron chi connectivity index (χ4n) is 5.21. The van der Waals surface area contributed by atoms with Gasteiger partial charge in [0.25, 0.3) is 11.1 Å². The third-order valence-corrected chi connectivity index (χ3v) is 6.74. The molecule has 1 fully saturated rings. The van der Waals surface area contributed by atoms with Gasteiger partial charge in [-0.3, -0.25) is 19.4 Å². The van der Waals surface area contributed by atoms with Gasteiger partial charge < -0.3 is 9.80 Å². The Kier molecular flexibility index (Phi) is 5.85. The standard InChI is InChI=1S/C25H26F2N4O2/c26-17-3-6-19(7-4-17)31-22-8-5-18(27)15-20(22)21-16-29(14-11-23(21)31)12-1-2-13-30-25(33)10-9-24(32)28-30/h3-10,15,21,23H,1-2,11-14,16H2,(H,28,32). The Morgan fingerprint density at radius 1 is 0.909 bits per heavy atom. The van der Waals surface area contributed by atoms with Crippen LogP contribution in [0.25, 0.3) is 0 Å². The van der Waals surface area contributed by atoms with E-state index in [9.17, 15) is 18.4 Å². The summed E-state index contributed by atoms with van der Waals surface area (Å²) in [7, 11) is 0. The molecule has 2 atom stereocenters. The molecule has 1 N–H and O–H groups in total. The van der Waals surface area contributed by atoms with Crippen molar-refractivity contribution in [1.29, 1.82) is 0 Å². The number of nitrogens with zero attached hydrogens (tertiary/aromatic N) is 3. The zero-order valence-corrected chi connectivity index (χ0v) is 18.2. The van der Waals surface area contributed by atoms with Gasteiger partial charge in [-0.05, 0) is 73.8 Å². The van der Waals surface area contributed by atoms with E-state index in [0.29, 0.717) is 6.54 Å². The lowest BCUT2D eigenvalue weighted by Crippen LogP contribution is -2.45. The van der Waals surface area contributed by atoms with Gasteiger partial charge in [-0.1, -0.05) is 0 Å². The number of fused-ring (bicyclic) bond motifs is 3. The lowest BCUT2D eigenvalue weighted by molar-refractivity contribution is 0.192. The van der Waals surface area contributed by atoms with Crippen molar-refractivity contribution in [1.82, 2.24) is 14.7 Å². The van der Waals surface area contributed by atoms with Gasteiger partial charge in [0, 0.05) is 55.1 Å². The van der Waals surface area contributed by atoms with E-state index >= 15 is 0 Å². The number of hydrogen-bond donors (Lipinski definition) is 1. The van der Waals surface area contributed by atoms with Gasteiger partial charge in [-0.2, -0.15) is 0 Å². The van der Waals surface area contributed by atoms with Crippen molar-refractivity contribution in [2.75, 3.05) is 24.5 Å². The molecule has 0 bridgehead atoms. The zero-order valence-electron chi connectivity index (χ0n) is 18.2. The second kappa shape index (κ2) is 8.94. The zero-order chi connectivity index (χ0) is 22.9. The average Bonchev–Trinajstić information content (AvgIpc) is 3.12. The van der Waals surface area contributed by atoms with Gasteiger partial charge in [0.15, 0.2) is 0 Å². The van der Waals surface area contributed by atoms with Crippen molar-refractivity contribution in [2.45, 2.75) is 37.8 Å². The van der Waals surface area contributed by atoms with E-state index in [2.05, 4.69) is 14.9 Å². The number of unbranched alkanes of at least 4 members (excludes halogenated alkanes) is 1. The number of hydrogen-bond acceptors (Lipinski definition) is 4. The molecule has 2 unspecified atom stereocenters. The van der Waals surface area contributed by atoms with Crippen LogP contribution in [0, 0.1) is 11.6 Å². The number of anilines is 2. The van der Waals surface area contributed by atoms with Crippen LogP contribution in [0.1, 0.15) is 30.7 Å². The average molecular weight is 453 g/mol. The number of aryl methyl sites for hydroxylation is 1. The molecule has 33 heavy (non-hydrogen) atoms. The van der Waals surface area contributed by atoms with Crippen LogP contribution in [-0.2, 0) is 6.54 Å². The number of H-pyrrole nitrogens is 1. The Morgan fingerprint density at radius 2 is 1.67 bits per heavy atom. The van der Waals surface area contributed by atoms with E-state index in [1.54, 1.807) is 18.2 Å². The topological polar surface area (TPSA) is 61.3 Å². The largest absolute Gasteiger partial charge is 0.337 e. The third-order valence-electron chi connectivity index (χ3n) is 6.74. The Hall–Kier alpha value is -3.26. The van der Waals surface area contributed by atoms with Gasteiger partial charge in [0.2, 0.25) is 0 Å². The Labute approximate surface area is 190 Å². The van der Waals surface area contributed by atoms with Crippen molar-refractivity contribution in [3.8, 4) is 0 Å². The Morgan fingerprint density at radius 3 is 2.48 bits per heavy atom. The van der Waals surface area contributed by atoms with E-state index in [1.807, 2.05) is 6.07 Å². The van der Waals surface area contributed by atoms with Crippen LogP contribution in [0.15, 0.2) is 64.2 Å². The fraction of sp³-hybridized carbons (Fsp3) is 0.360. The van der Waals surface area contributed by atoms with E-state index in [1.165, 1.54) is 35.0 Å². The molecule has 1 saturated heterocycles. The molecule has 2 aliphatic rings. The minimum absolute atomic E-state index is 0.169. The summed E-state index contributed by atoms with van der Waals surface area (Å²) in [5, 5.41) is 2.55. The van der Waals surface area contributed by atoms with Gasteiger partial charge >= 0.3 is 0 Å². The van der Waals surface area contributed by atoms with Crippen molar-refractivity contribution in [3.63, 3.8) is 0 Å². The monoisotopic (exact) mass is 452 g/mol. The second-order valence-corrected chi connectivity index (χ2v) is 8.82. The molecule has 0 radical (unpaired) electrons. The Balaban J connectivity index is 1.27. The molecular weight excluding hydrogens is 426 g/mol. The molecule has 0 saturated carbocycles. The van der Waals surface area contributed by atoms with Crippen LogP contribution in [0.3, 0.4) is 0 Å². The smallest absolute Gasteiger partial charge is 0.265 e. The van der Waals surface area contributed by atoms with Crippen LogP contribution in [0.2, 0.25) is 0 Å². The molecule has 0 amide bonds. The highest BCUT2D eigenvalue weighted by atomic mass is 19.1. The molecule has 172 valence electrons. The van der Waals surface area contributed by atoms with E-state index in [4.69, 9.17) is 0 Å². The first-order chi connectivity index (χ1) is 16.0. The highest BCUT2D eigenvalue weighted by Gasteiger charge is 2.42. The first-order valence-electron chi connectivity index (χ1n) is 11.4. The predicted molar refractivity (Wildman–Crippen MR) is 123 cm³/mol. The van der Waals surface area contributed by atoms with Crippen molar-refractivity contribution < 1.29 is 8.78 Å². The maximum absolute atomic E-state index is 14.1. The Bertz CT molecular complexity index is 1250. The molecule has 2 aromatic carbocycles. The molecule has 0 aliphatic carbocycles. The van der Waals surface area contributed by atoms with Gasteiger partial charge in [-0.15, -0.1) is 0 Å². The molecule has 2 aliphatic heterocycles. The molecule has 1 aromatic heterocycles. The number of nitrogens with one attached hydrogen (secondary N) is 1. The van der Waals surface area contributed by atoms with Crippen molar-refractivity contribution in [3.05, 3.63) is 92.5 Å². The minimum Gasteiger partial charge on any atom is -0.337 e. The van der Waals surface area contributed by atoms with Gasteiger partial charge in [0.05, 0.1) is 0 Å². The number of aromatic amines is 1. The van der Waals surface area contributed by atoms with Gasteiger partial charge in [0.1, 0.15) is 11.6 Å². The van der Waals surface area contributed by atoms with Crippen LogP contribution in [0.4, 0.5) is 20.2 Å². The summed E-state index contributed by atoms with van der Waals surface area (Å²) in [5.41, 5.74) is 2.43. The molecule has 3 heterocycles. The molecule has 5 rings (SSSR count). The number of likely N-dealkylation sites (tertiary alicyclic amines) is 1. The molecule has 6 nitrogen and oxygen atoms in total. The second-order valence-electron chi connectivity index (χ2n) is 8.82. The minimum atomic E-state index is -0.283. The van der Waals surface area contributed by atoms with Crippen LogP contribution in [-0.4, -0.2) is 40.4 Å². The van der Waals surface area contributed by atoms with E-state index in [0.717, 1.165) is 55.8 Å². The van der Waals surface area contributed by atoms with Crippen molar-refractivity contribution in [2.24, 2.45) is 0 Å². The molecular formula is C25H26F2N4O2. The summed E-state index contributed by atoms with van der Waals surface area (Å²) in [5.74, 6) is -0.346. The quantitative estimate of drug-likeness (QED) is 0.581. The molecule has 3 aromatic rings. The highest BCUT2D eigenvalue weighted by molar-refractivity contribution is 5.73. The first-order valence-corrected chi connectivity index (χ1v) is 11.4. The number of piperidine rings is 1. The first kappa shape index (κ1) is 21.6. The van der Waals surface area contributed by atoms with E-state index in [-0.39, 0.29) is 34.7 Å². The summed E-state index contributed by atoms with van der Waals surface area (Å²) in [6, 6.07) is 14.2. The van der Waals surface area contributed by atoms with Crippen LogP contribution >= 0.6 is 0 Å². The lowest BCUT2D eigenvalue weighted by atomic mass is 9.89. The normalized spacial score (nSPS) is 20.0. The SMILES string of the molecule is O=c1ccc(=O)n(CCCCN2CCC3C(C2)c2cc(F)ccc2N3c2ccc(F)cc2)[nH]1.